The van der Waals surface area contributed by atoms with Crippen LogP contribution in [-0.4, -0.2) is 17.7 Å². The van der Waals surface area contributed by atoms with Crippen LogP contribution in [0.4, 0.5) is 0 Å². The van der Waals surface area contributed by atoms with Crippen molar-refractivity contribution in [3.05, 3.63) is 29.8 Å². The molecule has 1 rings (SSSR count). The number of carboxylic acids is 1. The number of rotatable bonds is 3. The zero-order chi connectivity index (χ0) is 8.97. The Balaban J connectivity index is 0.00000144. The summed E-state index contributed by atoms with van der Waals surface area (Å²) in [6.45, 7) is 1.59. The molecule has 1 aromatic carbocycles. The first-order chi connectivity index (χ1) is 5.70. The molecule has 13 heavy (non-hydrogen) atoms. The average Bonchev–Trinajstić information content (AvgIpc) is 2.03. The molecule has 0 aliphatic heterocycles. The van der Waals surface area contributed by atoms with E-state index in [0.717, 1.165) is 5.56 Å². The SMILES string of the molecule is C.Cc1ccccc1OCC(=O)O. The number of carboxylic acid groups (broad SMARTS) is 1. The predicted octanol–water partition coefficient (Wildman–Crippen LogP) is 2.09. The van der Waals surface area contributed by atoms with Crippen molar-refractivity contribution >= 4 is 5.97 Å². The monoisotopic (exact) mass is 182 g/mol. The van der Waals surface area contributed by atoms with Gasteiger partial charge in [-0.15, -0.1) is 0 Å². The van der Waals surface area contributed by atoms with Gasteiger partial charge in [0, 0.05) is 0 Å². The largest absolute Gasteiger partial charge is 0.482 e. The molecule has 0 radical (unpaired) electrons. The number of hydrogen-bond donors (Lipinski definition) is 1. The Labute approximate surface area is 78.0 Å². The lowest BCUT2D eigenvalue weighted by atomic mass is 10.2. The normalized spacial score (nSPS) is 8.69. The van der Waals surface area contributed by atoms with Crippen LogP contribution in [0.2, 0.25) is 0 Å². The van der Waals surface area contributed by atoms with Crippen LogP contribution in [0.3, 0.4) is 0 Å². The summed E-state index contributed by atoms with van der Waals surface area (Å²) in [5, 5.41) is 8.34. The van der Waals surface area contributed by atoms with Gasteiger partial charge in [0.15, 0.2) is 6.61 Å². The molecule has 0 aliphatic carbocycles. The summed E-state index contributed by atoms with van der Waals surface area (Å²) in [4.78, 5) is 10.2. The Morgan fingerprint density at radius 3 is 2.62 bits per heavy atom. The Morgan fingerprint density at radius 2 is 2.08 bits per heavy atom. The van der Waals surface area contributed by atoms with E-state index >= 15 is 0 Å². The Hall–Kier alpha value is -1.51. The van der Waals surface area contributed by atoms with Gasteiger partial charge in [0.05, 0.1) is 0 Å². The summed E-state index contributed by atoms with van der Waals surface area (Å²) in [6, 6.07) is 7.31. The molecule has 0 heterocycles. The second kappa shape index (κ2) is 5.19. The fourth-order valence-corrected chi connectivity index (χ4v) is 0.858. The quantitative estimate of drug-likeness (QED) is 0.778. The molecule has 0 aromatic heterocycles. The maximum Gasteiger partial charge on any atom is 0.341 e. The van der Waals surface area contributed by atoms with Crippen LogP contribution >= 0.6 is 0 Å². The third kappa shape index (κ3) is 3.60. The van der Waals surface area contributed by atoms with Gasteiger partial charge in [0.1, 0.15) is 5.75 Å². The van der Waals surface area contributed by atoms with Gasteiger partial charge in [-0.25, -0.2) is 4.79 Å². The minimum absolute atomic E-state index is 0. The third-order valence-corrected chi connectivity index (χ3v) is 1.44. The van der Waals surface area contributed by atoms with Crippen molar-refractivity contribution < 1.29 is 14.6 Å². The van der Waals surface area contributed by atoms with Gasteiger partial charge in [-0.2, -0.15) is 0 Å². The molecule has 0 aliphatic rings. The van der Waals surface area contributed by atoms with Crippen molar-refractivity contribution in [2.75, 3.05) is 6.61 Å². The Kier molecular flexibility index (Phi) is 4.59. The minimum atomic E-state index is -0.960. The van der Waals surface area contributed by atoms with Crippen LogP contribution < -0.4 is 4.74 Å². The lowest BCUT2D eigenvalue weighted by Crippen LogP contribution is -2.09. The first-order valence-corrected chi connectivity index (χ1v) is 3.60. The maximum absolute atomic E-state index is 10.2. The summed E-state index contributed by atoms with van der Waals surface area (Å²) in [5.74, 6) is -0.335. The predicted molar refractivity (Wildman–Crippen MR) is 51.0 cm³/mol. The number of para-hydroxylation sites is 1. The third-order valence-electron chi connectivity index (χ3n) is 1.44. The molecular formula is C10H14O3. The van der Waals surface area contributed by atoms with Crippen LogP contribution in [0.25, 0.3) is 0 Å². The molecule has 0 fully saturated rings. The highest BCUT2D eigenvalue weighted by atomic mass is 16.5. The number of benzene rings is 1. The fourth-order valence-electron chi connectivity index (χ4n) is 0.858. The molecule has 0 unspecified atom stereocenters. The highest BCUT2D eigenvalue weighted by molar-refractivity contribution is 5.68. The van der Waals surface area contributed by atoms with E-state index in [2.05, 4.69) is 0 Å². The molecule has 72 valence electrons. The van der Waals surface area contributed by atoms with Gasteiger partial charge >= 0.3 is 5.97 Å². The lowest BCUT2D eigenvalue weighted by Gasteiger charge is -2.04. The lowest BCUT2D eigenvalue weighted by molar-refractivity contribution is -0.139. The van der Waals surface area contributed by atoms with E-state index in [1.165, 1.54) is 0 Å². The number of aryl methyl sites for hydroxylation is 1. The van der Waals surface area contributed by atoms with Crippen LogP contribution in [0.1, 0.15) is 13.0 Å². The number of aliphatic carboxylic acids is 1. The van der Waals surface area contributed by atoms with Crippen molar-refractivity contribution in [2.45, 2.75) is 14.4 Å². The van der Waals surface area contributed by atoms with Crippen LogP contribution in [-0.2, 0) is 4.79 Å². The van der Waals surface area contributed by atoms with Crippen molar-refractivity contribution in [2.24, 2.45) is 0 Å². The summed E-state index contributed by atoms with van der Waals surface area (Å²) >= 11 is 0. The number of hydrogen-bond acceptors (Lipinski definition) is 2. The van der Waals surface area contributed by atoms with Gasteiger partial charge in [-0.1, -0.05) is 25.6 Å². The van der Waals surface area contributed by atoms with Gasteiger partial charge in [0.2, 0.25) is 0 Å². The average molecular weight is 182 g/mol. The topological polar surface area (TPSA) is 46.5 Å². The van der Waals surface area contributed by atoms with E-state index in [4.69, 9.17) is 9.84 Å². The molecule has 0 saturated heterocycles. The molecular weight excluding hydrogens is 168 g/mol. The Bertz CT molecular complexity index is 281. The Morgan fingerprint density at radius 1 is 1.46 bits per heavy atom. The number of carbonyl (C=O) groups is 1. The van der Waals surface area contributed by atoms with Gasteiger partial charge in [0.25, 0.3) is 0 Å². The molecule has 0 atom stereocenters. The molecule has 0 bridgehead atoms. The molecule has 1 aromatic rings. The highest BCUT2D eigenvalue weighted by Gasteiger charge is 2.00. The summed E-state index contributed by atoms with van der Waals surface area (Å²) in [7, 11) is 0. The van der Waals surface area contributed by atoms with Crippen LogP contribution in [0, 0.1) is 6.92 Å². The number of ether oxygens (including phenoxy) is 1. The standard InChI is InChI=1S/C9H10O3.CH4/c1-7-4-2-3-5-8(7)12-6-9(10)11;/h2-5H,6H2,1H3,(H,10,11);1H4. The second-order valence-corrected chi connectivity index (χ2v) is 2.45. The van der Waals surface area contributed by atoms with Gasteiger partial charge in [-0.05, 0) is 18.6 Å². The van der Waals surface area contributed by atoms with E-state index in [-0.39, 0.29) is 14.0 Å². The first kappa shape index (κ1) is 11.5. The van der Waals surface area contributed by atoms with Crippen LogP contribution in [0.15, 0.2) is 24.3 Å². The molecule has 0 spiro atoms. The molecule has 3 nitrogen and oxygen atoms in total. The van der Waals surface area contributed by atoms with Crippen molar-refractivity contribution in [3.8, 4) is 5.75 Å². The summed E-state index contributed by atoms with van der Waals surface area (Å²) in [6.07, 6.45) is 0. The van der Waals surface area contributed by atoms with E-state index in [9.17, 15) is 4.79 Å². The van der Waals surface area contributed by atoms with E-state index < -0.39 is 5.97 Å². The molecule has 0 amide bonds. The molecule has 0 saturated carbocycles. The van der Waals surface area contributed by atoms with Crippen LogP contribution in [0.5, 0.6) is 5.75 Å². The molecule has 1 N–H and O–H groups in total. The summed E-state index contributed by atoms with van der Waals surface area (Å²) in [5.41, 5.74) is 0.943. The van der Waals surface area contributed by atoms with Crippen molar-refractivity contribution in [1.82, 2.24) is 0 Å². The summed E-state index contributed by atoms with van der Waals surface area (Å²) < 4.78 is 5.00. The first-order valence-electron chi connectivity index (χ1n) is 3.60. The van der Waals surface area contributed by atoms with Crippen molar-refractivity contribution in [3.63, 3.8) is 0 Å². The molecule has 3 heteroatoms. The van der Waals surface area contributed by atoms with E-state index in [1.54, 1.807) is 6.07 Å². The highest BCUT2D eigenvalue weighted by Crippen LogP contribution is 2.15. The fraction of sp³-hybridized carbons (Fsp3) is 0.300. The smallest absolute Gasteiger partial charge is 0.341 e. The van der Waals surface area contributed by atoms with Gasteiger partial charge in [-0.3, -0.25) is 0 Å². The van der Waals surface area contributed by atoms with Crippen molar-refractivity contribution in [1.29, 1.82) is 0 Å². The van der Waals surface area contributed by atoms with E-state index in [1.807, 2.05) is 25.1 Å². The minimum Gasteiger partial charge on any atom is -0.482 e. The zero-order valence-corrected chi connectivity index (χ0v) is 6.78. The second-order valence-electron chi connectivity index (χ2n) is 2.45. The maximum atomic E-state index is 10.2. The zero-order valence-electron chi connectivity index (χ0n) is 6.78. The van der Waals surface area contributed by atoms with Gasteiger partial charge < -0.3 is 9.84 Å². The van der Waals surface area contributed by atoms with E-state index in [0.29, 0.717) is 5.75 Å².